The van der Waals surface area contributed by atoms with Crippen molar-refractivity contribution in [1.82, 2.24) is 0 Å². The largest absolute Gasteiger partial charge is 0.237 e. The van der Waals surface area contributed by atoms with Crippen LogP contribution in [0, 0.1) is 23.9 Å². The van der Waals surface area contributed by atoms with E-state index < -0.39 is 8.07 Å². The number of halogens is 1. The summed E-state index contributed by atoms with van der Waals surface area (Å²) in [5, 5.41) is 0. The Morgan fingerprint density at radius 2 is 2.00 bits per heavy atom. The smallest absolute Gasteiger partial charge is 0.202 e. The number of nitrogens with zero attached hydrogens (tertiary/aromatic N) is 1. The molecular weight excluding hydrogens is 205 g/mol. The van der Waals surface area contributed by atoms with Crippen molar-refractivity contribution in [3.8, 4) is 11.5 Å². The number of hydrogen-bond acceptors (Lipinski definition) is 0. The van der Waals surface area contributed by atoms with Crippen LogP contribution in [0.2, 0.25) is 19.6 Å². The van der Waals surface area contributed by atoms with Crippen LogP contribution in [-0.2, 0) is 0 Å². The summed E-state index contributed by atoms with van der Waals surface area (Å²) in [4.78, 5) is 3.31. The Bertz CT molecular complexity index is 469. The summed E-state index contributed by atoms with van der Waals surface area (Å²) in [7, 11) is -1.48. The lowest BCUT2D eigenvalue weighted by Crippen LogP contribution is -2.16. The van der Waals surface area contributed by atoms with Gasteiger partial charge < -0.3 is 0 Å². The standard InChI is InChI=1S/C12H12FNSi/c1-14-12-6-5-11(13)9-10(12)7-8-15(2,3)4/h5-6,9H,2-4H3. The van der Waals surface area contributed by atoms with Crippen molar-refractivity contribution in [3.63, 3.8) is 0 Å². The molecule has 0 N–H and O–H groups in total. The van der Waals surface area contributed by atoms with E-state index in [1.165, 1.54) is 18.2 Å². The summed E-state index contributed by atoms with van der Waals surface area (Å²) in [6.07, 6.45) is 0. The third kappa shape index (κ3) is 3.57. The Kier molecular flexibility index (Phi) is 3.29. The van der Waals surface area contributed by atoms with Crippen molar-refractivity contribution >= 4 is 13.8 Å². The first-order chi connectivity index (χ1) is 6.92. The lowest BCUT2D eigenvalue weighted by atomic mass is 10.2. The molecule has 1 aromatic carbocycles. The molecule has 0 saturated heterocycles. The maximum absolute atomic E-state index is 12.9. The van der Waals surface area contributed by atoms with Crippen LogP contribution < -0.4 is 0 Å². The molecule has 0 aliphatic rings. The minimum Gasteiger partial charge on any atom is -0.237 e. The molecule has 0 saturated carbocycles. The number of rotatable bonds is 0. The van der Waals surface area contributed by atoms with Gasteiger partial charge in [-0.3, -0.25) is 0 Å². The van der Waals surface area contributed by atoms with Crippen LogP contribution in [0.5, 0.6) is 0 Å². The fourth-order valence-corrected chi connectivity index (χ4v) is 1.47. The molecule has 0 radical (unpaired) electrons. The molecule has 1 rings (SSSR count). The summed E-state index contributed by atoms with van der Waals surface area (Å²) >= 11 is 0. The summed E-state index contributed by atoms with van der Waals surface area (Å²) in [5.74, 6) is 2.56. The molecule has 0 spiro atoms. The van der Waals surface area contributed by atoms with E-state index in [0.717, 1.165) is 0 Å². The Labute approximate surface area is 90.8 Å². The van der Waals surface area contributed by atoms with E-state index in [-0.39, 0.29) is 5.82 Å². The molecule has 15 heavy (non-hydrogen) atoms. The number of hydrogen-bond donors (Lipinski definition) is 0. The predicted molar refractivity (Wildman–Crippen MR) is 62.9 cm³/mol. The van der Waals surface area contributed by atoms with Crippen molar-refractivity contribution in [1.29, 1.82) is 0 Å². The van der Waals surface area contributed by atoms with E-state index in [1.807, 2.05) is 0 Å². The summed E-state index contributed by atoms with van der Waals surface area (Å²) in [5.41, 5.74) is 4.03. The normalized spacial score (nSPS) is 10.1. The third-order valence-corrected chi connectivity index (χ3v) is 2.53. The fraction of sp³-hybridized carbons (Fsp3) is 0.250. The molecule has 3 heteroatoms. The van der Waals surface area contributed by atoms with E-state index in [0.29, 0.717) is 11.3 Å². The monoisotopic (exact) mass is 217 g/mol. The van der Waals surface area contributed by atoms with Crippen molar-refractivity contribution in [2.45, 2.75) is 19.6 Å². The number of benzene rings is 1. The molecule has 0 aliphatic heterocycles. The first-order valence-corrected chi connectivity index (χ1v) is 8.12. The van der Waals surface area contributed by atoms with Crippen LogP contribution in [0.4, 0.5) is 10.1 Å². The lowest BCUT2D eigenvalue weighted by Gasteiger charge is -2.03. The van der Waals surface area contributed by atoms with E-state index in [4.69, 9.17) is 6.57 Å². The van der Waals surface area contributed by atoms with Crippen LogP contribution in [0.1, 0.15) is 5.56 Å². The van der Waals surface area contributed by atoms with Crippen LogP contribution in [0.3, 0.4) is 0 Å². The van der Waals surface area contributed by atoms with Gasteiger partial charge in [0.25, 0.3) is 0 Å². The third-order valence-electron chi connectivity index (χ3n) is 1.65. The molecule has 0 aromatic heterocycles. The molecule has 1 aromatic rings. The quantitative estimate of drug-likeness (QED) is 0.355. The molecule has 0 bridgehead atoms. The van der Waals surface area contributed by atoms with E-state index >= 15 is 0 Å². The highest BCUT2D eigenvalue weighted by atomic mass is 28.3. The maximum Gasteiger partial charge on any atom is 0.202 e. The first kappa shape index (κ1) is 11.5. The van der Waals surface area contributed by atoms with Crippen molar-refractivity contribution in [2.24, 2.45) is 0 Å². The Morgan fingerprint density at radius 3 is 2.53 bits per heavy atom. The van der Waals surface area contributed by atoms with Gasteiger partial charge in [0.2, 0.25) is 5.69 Å². The fourth-order valence-electron chi connectivity index (χ4n) is 0.961. The highest BCUT2D eigenvalue weighted by Crippen LogP contribution is 2.19. The van der Waals surface area contributed by atoms with Crippen LogP contribution in [0.15, 0.2) is 18.2 Å². The summed E-state index contributed by atoms with van der Waals surface area (Å²) < 4.78 is 12.9. The van der Waals surface area contributed by atoms with Gasteiger partial charge in [0, 0.05) is 5.56 Å². The zero-order chi connectivity index (χ0) is 11.5. The topological polar surface area (TPSA) is 4.36 Å². The van der Waals surface area contributed by atoms with Gasteiger partial charge in [0.15, 0.2) is 0 Å². The van der Waals surface area contributed by atoms with Crippen molar-refractivity contribution < 1.29 is 4.39 Å². The maximum atomic E-state index is 12.9. The van der Waals surface area contributed by atoms with Crippen LogP contribution in [0.25, 0.3) is 4.85 Å². The van der Waals surface area contributed by atoms with E-state index in [2.05, 4.69) is 36.0 Å². The molecule has 0 aliphatic carbocycles. The Hall–Kier alpha value is -1.58. The van der Waals surface area contributed by atoms with Gasteiger partial charge in [-0.1, -0.05) is 31.6 Å². The molecule has 0 heterocycles. The summed E-state index contributed by atoms with van der Waals surface area (Å²) in [6, 6.07) is 4.07. The van der Waals surface area contributed by atoms with Gasteiger partial charge in [-0.15, -0.1) is 5.54 Å². The van der Waals surface area contributed by atoms with Gasteiger partial charge in [0.05, 0.1) is 6.57 Å². The van der Waals surface area contributed by atoms with Crippen molar-refractivity contribution in [2.75, 3.05) is 0 Å². The second-order valence-corrected chi connectivity index (χ2v) is 9.02. The van der Waals surface area contributed by atoms with Gasteiger partial charge in [0.1, 0.15) is 13.9 Å². The second kappa shape index (κ2) is 4.29. The van der Waals surface area contributed by atoms with Gasteiger partial charge in [-0.2, -0.15) is 0 Å². The van der Waals surface area contributed by atoms with E-state index in [1.54, 1.807) is 0 Å². The average molecular weight is 217 g/mol. The zero-order valence-corrected chi connectivity index (χ0v) is 10.1. The molecule has 0 fully saturated rings. The SMILES string of the molecule is [C-]#[N+]c1ccc(F)cc1C#C[Si](C)(C)C. The predicted octanol–water partition coefficient (Wildman–Crippen LogP) is 3.61. The Morgan fingerprint density at radius 1 is 1.33 bits per heavy atom. The lowest BCUT2D eigenvalue weighted by molar-refractivity contribution is 0.628. The van der Waals surface area contributed by atoms with Gasteiger partial charge in [-0.25, -0.2) is 9.24 Å². The zero-order valence-electron chi connectivity index (χ0n) is 9.06. The molecule has 0 atom stereocenters. The van der Waals surface area contributed by atoms with Crippen LogP contribution in [-0.4, -0.2) is 8.07 Å². The highest BCUT2D eigenvalue weighted by Gasteiger charge is 2.08. The molecule has 1 nitrogen and oxygen atoms in total. The van der Waals surface area contributed by atoms with E-state index in [9.17, 15) is 4.39 Å². The van der Waals surface area contributed by atoms with Crippen LogP contribution >= 0.6 is 0 Å². The van der Waals surface area contributed by atoms with Crippen molar-refractivity contribution in [3.05, 3.63) is 41.0 Å². The highest BCUT2D eigenvalue weighted by molar-refractivity contribution is 6.83. The second-order valence-electron chi connectivity index (χ2n) is 4.27. The molecule has 0 amide bonds. The molecule has 76 valence electrons. The van der Waals surface area contributed by atoms with Gasteiger partial charge in [-0.05, 0) is 12.1 Å². The van der Waals surface area contributed by atoms with Gasteiger partial charge >= 0.3 is 0 Å². The molecular formula is C12H12FNSi. The Balaban J connectivity index is 3.19. The summed E-state index contributed by atoms with van der Waals surface area (Å²) in [6.45, 7) is 13.3. The minimum absolute atomic E-state index is 0.345. The first-order valence-electron chi connectivity index (χ1n) is 4.62. The minimum atomic E-state index is -1.48. The average Bonchev–Trinajstić information content (AvgIpc) is 2.14. The molecule has 0 unspecified atom stereocenters.